The van der Waals surface area contributed by atoms with Crippen LogP contribution in [-0.2, 0) is 11.2 Å². The van der Waals surface area contributed by atoms with Crippen LogP contribution >= 0.6 is 0 Å². The number of pyridine rings is 1. The number of likely N-dealkylation sites (tertiary alicyclic amines) is 1. The lowest BCUT2D eigenvalue weighted by atomic mass is 9.95. The summed E-state index contributed by atoms with van der Waals surface area (Å²) in [5.41, 5.74) is 3.09. The molecule has 0 unspecified atom stereocenters. The van der Waals surface area contributed by atoms with Gasteiger partial charge in [0.25, 0.3) is 0 Å². The van der Waals surface area contributed by atoms with Gasteiger partial charge in [0, 0.05) is 30.9 Å². The first-order valence-electron chi connectivity index (χ1n) is 8.28. The van der Waals surface area contributed by atoms with Gasteiger partial charge in [-0.3, -0.25) is 9.78 Å². The number of hydrogen-bond donors (Lipinski definition) is 0. The molecule has 1 atom stereocenters. The topological polar surface area (TPSA) is 59.2 Å². The third-order valence-corrected chi connectivity index (χ3v) is 4.66. The number of piperidine rings is 1. The van der Waals surface area contributed by atoms with Crippen LogP contribution in [0.2, 0.25) is 0 Å². The maximum Gasteiger partial charge on any atom is 0.223 e. The number of nitrogens with zero attached hydrogens (tertiary/aromatic N) is 3. The maximum atomic E-state index is 12.8. The second-order valence-electron chi connectivity index (χ2n) is 6.19. The molecule has 3 rings (SSSR count). The summed E-state index contributed by atoms with van der Waals surface area (Å²) in [6.45, 7) is 4.66. The summed E-state index contributed by atoms with van der Waals surface area (Å²) in [6.07, 6.45) is 8.10. The summed E-state index contributed by atoms with van der Waals surface area (Å²) in [7, 11) is 0. The standard InChI is InChI=1S/C18H23N3O2/c1-13-16(14(2)23-20-13)8-9-18(22)21-11-4-3-7-17(21)15-6-5-10-19-12-15/h5-6,10,12,17H,3-4,7-9,11H2,1-2H3/t17-/m1/s1. The first kappa shape index (κ1) is 15.7. The van der Waals surface area contributed by atoms with Crippen LogP contribution in [0.5, 0.6) is 0 Å². The van der Waals surface area contributed by atoms with Crippen LogP contribution in [0.3, 0.4) is 0 Å². The van der Waals surface area contributed by atoms with Gasteiger partial charge < -0.3 is 9.42 Å². The van der Waals surface area contributed by atoms with Crippen molar-refractivity contribution in [3.8, 4) is 0 Å². The molecule has 5 nitrogen and oxygen atoms in total. The minimum Gasteiger partial charge on any atom is -0.361 e. The molecule has 1 fully saturated rings. The molecule has 2 aromatic rings. The molecule has 2 aromatic heterocycles. The average Bonchev–Trinajstić information content (AvgIpc) is 2.92. The van der Waals surface area contributed by atoms with E-state index in [9.17, 15) is 4.79 Å². The van der Waals surface area contributed by atoms with Gasteiger partial charge in [-0.05, 0) is 51.2 Å². The zero-order valence-corrected chi connectivity index (χ0v) is 13.8. The van der Waals surface area contributed by atoms with Crippen molar-refractivity contribution < 1.29 is 9.32 Å². The number of aryl methyl sites for hydroxylation is 2. The molecule has 122 valence electrons. The van der Waals surface area contributed by atoms with Crippen LogP contribution in [0, 0.1) is 13.8 Å². The number of amides is 1. The minimum atomic E-state index is 0.162. The summed E-state index contributed by atoms with van der Waals surface area (Å²) in [4.78, 5) is 19.0. The van der Waals surface area contributed by atoms with Crippen LogP contribution in [0.15, 0.2) is 29.0 Å². The Morgan fingerprint density at radius 2 is 2.26 bits per heavy atom. The van der Waals surface area contributed by atoms with Crippen molar-refractivity contribution in [2.45, 2.75) is 52.0 Å². The Hall–Kier alpha value is -2.17. The number of carbonyl (C=O) groups is 1. The molecular weight excluding hydrogens is 290 g/mol. The molecule has 0 spiro atoms. The van der Waals surface area contributed by atoms with Gasteiger partial charge in [-0.2, -0.15) is 0 Å². The quantitative estimate of drug-likeness (QED) is 0.868. The van der Waals surface area contributed by atoms with Crippen LogP contribution in [0.25, 0.3) is 0 Å². The number of rotatable bonds is 4. The van der Waals surface area contributed by atoms with Gasteiger partial charge in [0.2, 0.25) is 5.91 Å². The Bertz CT molecular complexity index is 647. The van der Waals surface area contributed by atoms with Gasteiger partial charge in [0.15, 0.2) is 0 Å². The van der Waals surface area contributed by atoms with Crippen LogP contribution in [-0.4, -0.2) is 27.5 Å². The molecule has 1 amide bonds. The zero-order valence-electron chi connectivity index (χ0n) is 13.8. The van der Waals surface area contributed by atoms with Crippen LogP contribution in [0.1, 0.15) is 54.3 Å². The summed E-state index contributed by atoms with van der Waals surface area (Å²) in [5.74, 6) is 1.02. The second-order valence-corrected chi connectivity index (χ2v) is 6.19. The van der Waals surface area contributed by atoms with Crippen molar-refractivity contribution in [3.05, 3.63) is 47.1 Å². The Balaban J connectivity index is 1.69. The summed E-state index contributed by atoms with van der Waals surface area (Å²) in [5, 5.41) is 3.96. The molecule has 0 bridgehead atoms. The SMILES string of the molecule is Cc1noc(C)c1CCC(=O)N1CCCC[C@@H]1c1cccnc1. The molecule has 1 aliphatic heterocycles. The fourth-order valence-electron chi connectivity index (χ4n) is 3.38. The van der Waals surface area contributed by atoms with E-state index in [1.54, 1.807) is 6.20 Å². The van der Waals surface area contributed by atoms with Crippen molar-refractivity contribution in [1.82, 2.24) is 15.0 Å². The van der Waals surface area contributed by atoms with E-state index in [1.165, 1.54) is 0 Å². The molecule has 0 aliphatic carbocycles. The van der Waals surface area contributed by atoms with E-state index in [0.717, 1.165) is 48.4 Å². The lowest BCUT2D eigenvalue weighted by Gasteiger charge is -2.36. The molecule has 0 N–H and O–H groups in total. The van der Waals surface area contributed by atoms with E-state index in [2.05, 4.69) is 16.2 Å². The number of carbonyl (C=O) groups excluding carboxylic acids is 1. The second kappa shape index (κ2) is 6.94. The highest BCUT2D eigenvalue weighted by Gasteiger charge is 2.28. The molecule has 0 saturated carbocycles. The predicted molar refractivity (Wildman–Crippen MR) is 86.8 cm³/mol. The van der Waals surface area contributed by atoms with E-state index in [4.69, 9.17) is 4.52 Å². The maximum absolute atomic E-state index is 12.8. The lowest BCUT2D eigenvalue weighted by molar-refractivity contribution is -0.135. The van der Waals surface area contributed by atoms with Crippen molar-refractivity contribution in [2.24, 2.45) is 0 Å². The van der Waals surface area contributed by atoms with Gasteiger partial charge in [-0.1, -0.05) is 11.2 Å². The molecule has 5 heteroatoms. The smallest absolute Gasteiger partial charge is 0.223 e. The minimum absolute atomic E-state index is 0.162. The third-order valence-electron chi connectivity index (χ3n) is 4.66. The van der Waals surface area contributed by atoms with Gasteiger partial charge in [-0.25, -0.2) is 0 Å². The largest absolute Gasteiger partial charge is 0.361 e. The highest BCUT2D eigenvalue weighted by Crippen LogP contribution is 2.31. The van der Waals surface area contributed by atoms with E-state index in [0.29, 0.717) is 12.8 Å². The monoisotopic (exact) mass is 313 g/mol. The summed E-state index contributed by atoms with van der Waals surface area (Å²) in [6, 6.07) is 4.17. The molecule has 1 aliphatic rings. The summed E-state index contributed by atoms with van der Waals surface area (Å²) < 4.78 is 5.18. The number of hydrogen-bond acceptors (Lipinski definition) is 4. The normalized spacial score (nSPS) is 18.2. The van der Waals surface area contributed by atoms with E-state index in [-0.39, 0.29) is 11.9 Å². The van der Waals surface area contributed by atoms with Crippen molar-refractivity contribution in [1.29, 1.82) is 0 Å². The highest BCUT2D eigenvalue weighted by atomic mass is 16.5. The van der Waals surface area contributed by atoms with E-state index < -0.39 is 0 Å². The predicted octanol–water partition coefficient (Wildman–Crippen LogP) is 3.37. The van der Waals surface area contributed by atoms with Gasteiger partial charge in [0.1, 0.15) is 5.76 Å². The fraction of sp³-hybridized carbons (Fsp3) is 0.500. The van der Waals surface area contributed by atoms with E-state index >= 15 is 0 Å². The molecule has 3 heterocycles. The Kier molecular flexibility index (Phi) is 4.74. The average molecular weight is 313 g/mol. The van der Waals surface area contributed by atoms with Gasteiger partial charge in [-0.15, -0.1) is 0 Å². The number of aromatic nitrogens is 2. The molecule has 0 radical (unpaired) electrons. The molecule has 23 heavy (non-hydrogen) atoms. The van der Waals surface area contributed by atoms with Gasteiger partial charge in [0.05, 0.1) is 11.7 Å². The van der Waals surface area contributed by atoms with Crippen molar-refractivity contribution >= 4 is 5.91 Å². The van der Waals surface area contributed by atoms with Crippen molar-refractivity contribution in [3.63, 3.8) is 0 Å². The Morgan fingerprint density at radius 3 is 2.96 bits per heavy atom. The fourth-order valence-corrected chi connectivity index (χ4v) is 3.38. The molecule has 0 aromatic carbocycles. The first-order valence-corrected chi connectivity index (χ1v) is 8.28. The van der Waals surface area contributed by atoms with Gasteiger partial charge >= 0.3 is 0 Å². The summed E-state index contributed by atoms with van der Waals surface area (Å²) >= 11 is 0. The zero-order chi connectivity index (χ0) is 16.2. The Morgan fingerprint density at radius 1 is 1.39 bits per heavy atom. The lowest BCUT2D eigenvalue weighted by Crippen LogP contribution is -2.38. The van der Waals surface area contributed by atoms with Crippen molar-refractivity contribution in [2.75, 3.05) is 6.54 Å². The Labute approximate surface area is 136 Å². The van der Waals surface area contributed by atoms with Crippen LogP contribution in [0.4, 0.5) is 0 Å². The van der Waals surface area contributed by atoms with Crippen LogP contribution < -0.4 is 0 Å². The van der Waals surface area contributed by atoms with E-state index in [1.807, 2.05) is 31.0 Å². The first-order chi connectivity index (χ1) is 11.2. The highest BCUT2D eigenvalue weighted by molar-refractivity contribution is 5.77. The molecular formula is C18H23N3O2. The third kappa shape index (κ3) is 3.44. The molecule has 1 saturated heterocycles.